The van der Waals surface area contributed by atoms with E-state index in [1.54, 1.807) is 12.1 Å². The molecular weight excluding hydrogens is 264 g/mol. The van der Waals surface area contributed by atoms with E-state index in [9.17, 15) is 4.79 Å². The highest BCUT2D eigenvalue weighted by Crippen LogP contribution is 2.30. The third-order valence-electron chi connectivity index (χ3n) is 2.51. The quantitative estimate of drug-likeness (QED) is 0.387. The molecule has 0 atom stereocenters. The van der Waals surface area contributed by atoms with Crippen molar-refractivity contribution in [2.24, 2.45) is 4.99 Å². The van der Waals surface area contributed by atoms with E-state index in [2.05, 4.69) is 10.3 Å². The lowest BCUT2D eigenvalue weighted by Gasteiger charge is -2.15. The van der Waals surface area contributed by atoms with Crippen molar-refractivity contribution >= 4 is 34.4 Å². The first-order valence-electron chi connectivity index (χ1n) is 5.57. The smallest absolute Gasteiger partial charge is 0.414 e. The maximum atomic E-state index is 11.6. The summed E-state index contributed by atoms with van der Waals surface area (Å²) in [6, 6.07) is 7.25. The number of aliphatic imine (C=N–C) groups is 1. The van der Waals surface area contributed by atoms with Crippen LogP contribution >= 0.6 is 11.8 Å². The topological polar surface area (TPSA) is 77.7 Å². The molecule has 1 fully saturated rings. The number of nitrogens with zero attached hydrogens (tertiary/aromatic N) is 3. The van der Waals surface area contributed by atoms with E-state index >= 15 is 0 Å². The molecule has 0 aliphatic carbocycles. The van der Waals surface area contributed by atoms with E-state index in [0.717, 1.165) is 0 Å². The number of carbonyl (C=O) groups excluding carboxylic acids is 1. The van der Waals surface area contributed by atoms with Gasteiger partial charge >= 0.3 is 6.09 Å². The molecule has 1 saturated heterocycles. The Bertz CT molecular complexity index is 553. The van der Waals surface area contributed by atoms with Crippen LogP contribution in [0.1, 0.15) is 0 Å². The lowest BCUT2D eigenvalue weighted by molar-refractivity contribution is 0.181. The molecule has 0 saturated carbocycles. The number of cyclic esters (lactones) is 1. The minimum atomic E-state index is -0.374. The minimum Gasteiger partial charge on any atom is -0.447 e. The Morgan fingerprint density at radius 3 is 3.00 bits per heavy atom. The van der Waals surface area contributed by atoms with Gasteiger partial charge in [0.05, 0.1) is 17.9 Å². The molecule has 1 aromatic rings. The number of amidine groups is 1. The number of para-hydroxylation sites is 2. The predicted octanol–water partition coefficient (Wildman–Crippen LogP) is 2.06. The lowest BCUT2D eigenvalue weighted by atomic mass is 10.2. The van der Waals surface area contributed by atoms with Crippen molar-refractivity contribution < 1.29 is 9.53 Å². The van der Waals surface area contributed by atoms with Gasteiger partial charge in [-0.1, -0.05) is 23.9 Å². The Labute approximate surface area is 115 Å². The summed E-state index contributed by atoms with van der Waals surface area (Å²) in [7, 11) is 0. The van der Waals surface area contributed by atoms with Crippen molar-refractivity contribution in [3.05, 3.63) is 24.3 Å². The number of carbonyl (C=O) groups is 1. The molecule has 1 amide bonds. The molecule has 6 nitrogen and oxygen atoms in total. The molecule has 7 heteroatoms. The third kappa shape index (κ3) is 2.98. The summed E-state index contributed by atoms with van der Waals surface area (Å²) in [6.45, 7) is 0.883. The summed E-state index contributed by atoms with van der Waals surface area (Å²) in [4.78, 5) is 17.5. The van der Waals surface area contributed by atoms with Crippen LogP contribution in [0.5, 0.6) is 0 Å². The summed E-state index contributed by atoms with van der Waals surface area (Å²) >= 11 is 1.32. The van der Waals surface area contributed by atoms with Gasteiger partial charge in [0.1, 0.15) is 6.61 Å². The summed E-state index contributed by atoms with van der Waals surface area (Å²) in [5, 5.41) is 11.6. The first-order chi connectivity index (χ1) is 9.26. The van der Waals surface area contributed by atoms with Crippen molar-refractivity contribution in [1.29, 1.82) is 5.26 Å². The Morgan fingerprint density at radius 1 is 1.58 bits per heavy atom. The summed E-state index contributed by atoms with van der Waals surface area (Å²) < 4.78 is 4.92. The highest BCUT2D eigenvalue weighted by Gasteiger charge is 2.25. The second kappa shape index (κ2) is 6.11. The maximum Gasteiger partial charge on any atom is 0.414 e. The van der Waals surface area contributed by atoms with Gasteiger partial charge in [-0.2, -0.15) is 5.26 Å². The number of amides is 1. The van der Waals surface area contributed by atoms with Crippen molar-refractivity contribution in [1.82, 2.24) is 5.32 Å². The Morgan fingerprint density at radius 2 is 2.37 bits per heavy atom. The number of hydrogen-bond donors (Lipinski definition) is 1. The molecule has 0 radical (unpaired) electrons. The highest BCUT2D eigenvalue weighted by atomic mass is 32.2. The standard InChI is InChI=1S/C12H12N4O2S/c1-19-11(14-8-13)15-9-4-2-3-5-10(9)16-6-7-18-12(16)17/h2-5H,6-7H2,1H3,(H,14,15). The average molecular weight is 276 g/mol. The normalized spacial score (nSPS) is 15.1. The van der Waals surface area contributed by atoms with Gasteiger partial charge in [0.2, 0.25) is 0 Å². The fourth-order valence-electron chi connectivity index (χ4n) is 1.68. The van der Waals surface area contributed by atoms with E-state index in [4.69, 9.17) is 10.00 Å². The van der Waals surface area contributed by atoms with E-state index in [1.807, 2.05) is 24.6 Å². The molecule has 98 valence electrons. The second-order valence-corrected chi connectivity index (χ2v) is 4.41. The number of thioether (sulfide) groups is 1. The van der Waals surface area contributed by atoms with Gasteiger partial charge in [-0.05, 0) is 18.4 Å². The number of anilines is 1. The highest BCUT2D eigenvalue weighted by molar-refractivity contribution is 8.13. The lowest BCUT2D eigenvalue weighted by Crippen LogP contribution is -2.23. The monoisotopic (exact) mass is 276 g/mol. The molecule has 0 aromatic heterocycles. The first-order valence-corrected chi connectivity index (χ1v) is 6.80. The molecular formula is C12H12N4O2S. The number of benzene rings is 1. The van der Waals surface area contributed by atoms with E-state index in [1.165, 1.54) is 16.7 Å². The Hall–Kier alpha value is -2.20. The van der Waals surface area contributed by atoms with Crippen LogP contribution in [0.2, 0.25) is 0 Å². The van der Waals surface area contributed by atoms with Crippen LogP contribution in [-0.2, 0) is 4.74 Å². The Balaban J connectivity index is 2.36. The van der Waals surface area contributed by atoms with E-state index < -0.39 is 0 Å². The van der Waals surface area contributed by atoms with Gasteiger partial charge < -0.3 is 4.74 Å². The van der Waals surface area contributed by atoms with Crippen molar-refractivity contribution in [2.45, 2.75) is 0 Å². The Kier molecular flexibility index (Phi) is 4.26. The van der Waals surface area contributed by atoms with Gasteiger partial charge in [-0.25, -0.2) is 9.79 Å². The molecule has 2 rings (SSSR count). The fourth-order valence-corrected chi connectivity index (χ4v) is 2.02. The molecule has 0 unspecified atom stereocenters. The molecule has 1 aliphatic heterocycles. The zero-order valence-electron chi connectivity index (χ0n) is 10.3. The summed E-state index contributed by atoms with van der Waals surface area (Å²) in [5.41, 5.74) is 1.30. The molecule has 1 aromatic carbocycles. The first kappa shape index (κ1) is 13.2. The third-order valence-corrected chi connectivity index (χ3v) is 3.09. The zero-order chi connectivity index (χ0) is 13.7. The van der Waals surface area contributed by atoms with E-state index in [0.29, 0.717) is 29.7 Å². The van der Waals surface area contributed by atoms with Crippen molar-refractivity contribution in [3.63, 3.8) is 0 Å². The molecule has 0 bridgehead atoms. The van der Waals surface area contributed by atoms with Crippen LogP contribution in [0.3, 0.4) is 0 Å². The zero-order valence-corrected chi connectivity index (χ0v) is 11.1. The number of rotatable bonds is 2. The number of hydrogen-bond acceptors (Lipinski definition) is 5. The fraction of sp³-hybridized carbons (Fsp3) is 0.250. The number of ether oxygens (including phenoxy) is 1. The van der Waals surface area contributed by atoms with Crippen molar-refractivity contribution in [2.75, 3.05) is 24.3 Å². The second-order valence-electron chi connectivity index (χ2n) is 3.61. The van der Waals surface area contributed by atoms with Crippen molar-refractivity contribution in [3.8, 4) is 6.19 Å². The molecule has 19 heavy (non-hydrogen) atoms. The van der Waals surface area contributed by atoms with Gasteiger partial charge in [-0.3, -0.25) is 10.2 Å². The predicted molar refractivity (Wildman–Crippen MR) is 74.5 cm³/mol. The van der Waals surface area contributed by atoms with Crippen LogP contribution in [0.15, 0.2) is 29.3 Å². The number of nitriles is 1. The van der Waals surface area contributed by atoms with Crippen LogP contribution in [0, 0.1) is 11.5 Å². The van der Waals surface area contributed by atoms with Gasteiger partial charge in [0.15, 0.2) is 11.4 Å². The average Bonchev–Trinajstić information content (AvgIpc) is 2.85. The molecule has 1 N–H and O–H groups in total. The summed E-state index contributed by atoms with van der Waals surface area (Å²) in [5.74, 6) is 0. The number of nitrogens with one attached hydrogen (secondary N) is 1. The van der Waals surface area contributed by atoms with Gasteiger partial charge in [0.25, 0.3) is 0 Å². The molecule has 1 heterocycles. The largest absolute Gasteiger partial charge is 0.447 e. The maximum absolute atomic E-state index is 11.6. The van der Waals surface area contributed by atoms with Gasteiger partial charge in [-0.15, -0.1) is 0 Å². The molecule has 0 spiro atoms. The minimum absolute atomic E-state index is 0.374. The van der Waals surface area contributed by atoms with E-state index in [-0.39, 0.29) is 6.09 Å². The van der Waals surface area contributed by atoms with Crippen LogP contribution in [0.4, 0.5) is 16.2 Å². The SMILES string of the molecule is CSC(=Nc1ccccc1N1CCOC1=O)NC#N. The van der Waals surface area contributed by atoms with Gasteiger partial charge in [0, 0.05) is 0 Å². The summed E-state index contributed by atoms with van der Waals surface area (Å²) in [6.07, 6.45) is 3.27. The molecule has 1 aliphatic rings. The van der Waals surface area contributed by atoms with Crippen LogP contribution in [0.25, 0.3) is 0 Å². The van der Waals surface area contributed by atoms with Crippen LogP contribution < -0.4 is 10.2 Å². The van der Waals surface area contributed by atoms with Crippen LogP contribution in [-0.4, -0.2) is 30.7 Å².